The van der Waals surface area contributed by atoms with Gasteiger partial charge in [-0.15, -0.1) is 0 Å². The highest BCUT2D eigenvalue weighted by Crippen LogP contribution is 1.86. The number of hydrogen-bond acceptors (Lipinski definition) is 5. The molecular weight excluding hydrogens is 264 g/mol. The molecule has 2 amide bonds. The number of aromatic nitrogens is 2. The van der Waals surface area contributed by atoms with Crippen molar-refractivity contribution in [2.75, 3.05) is 0 Å². The summed E-state index contributed by atoms with van der Waals surface area (Å²) in [6.07, 6.45) is 1.38. The lowest BCUT2D eigenvalue weighted by molar-refractivity contribution is -0.129. The van der Waals surface area contributed by atoms with Crippen LogP contribution in [0.25, 0.3) is 0 Å². The van der Waals surface area contributed by atoms with Crippen LogP contribution < -0.4 is 16.2 Å². The van der Waals surface area contributed by atoms with Crippen LogP contribution in [0.3, 0.4) is 0 Å². The van der Waals surface area contributed by atoms with Gasteiger partial charge >= 0.3 is 0 Å². The molecule has 7 nitrogen and oxygen atoms in total. The monoisotopic (exact) mass is 272 g/mol. The second kappa shape index (κ2) is 6.01. The van der Waals surface area contributed by atoms with Crippen LogP contribution in [-0.4, -0.2) is 26.9 Å². The molecule has 17 heavy (non-hydrogen) atoms. The van der Waals surface area contributed by atoms with Gasteiger partial charge < -0.3 is 15.6 Å². The Morgan fingerprint density at radius 1 is 1.06 bits per heavy atom. The molecule has 0 unspecified atom stereocenters. The van der Waals surface area contributed by atoms with Crippen LogP contribution in [0.15, 0.2) is 17.1 Å². The van der Waals surface area contributed by atoms with Gasteiger partial charge in [0.05, 0.1) is 0 Å². The van der Waals surface area contributed by atoms with Crippen LogP contribution in [0.5, 0.6) is 0 Å². The molecule has 2 heterocycles. The van der Waals surface area contributed by atoms with Gasteiger partial charge in [0.2, 0.25) is 11.8 Å². The maximum Gasteiger partial charge on any atom is 0.251 e. The van der Waals surface area contributed by atoms with Gasteiger partial charge in [-0.25, -0.2) is 0 Å². The van der Waals surface area contributed by atoms with E-state index < -0.39 is 0 Å². The van der Waals surface area contributed by atoms with Crippen LogP contribution in [-0.2, 0) is 9.59 Å². The summed E-state index contributed by atoms with van der Waals surface area (Å²) >= 11 is 9.08. The SMILES string of the molecule is O=C1CC(=O)NC(=S)N1.O=c1cc[nH]c(=S)[nH]1. The molecule has 1 aliphatic rings. The summed E-state index contributed by atoms with van der Waals surface area (Å²) in [6, 6.07) is 1.37. The van der Waals surface area contributed by atoms with Gasteiger partial charge in [0.25, 0.3) is 5.56 Å². The fourth-order valence-electron chi connectivity index (χ4n) is 0.901. The Balaban J connectivity index is 0.000000171. The van der Waals surface area contributed by atoms with Gasteiger partial charge in [-0.3, -0.25) is 19.4 Å². The number of thiocarbonyl (C=S) groups is 1. The summed E-state index contributed by atoms with van der Waals surface area (Å²) in [7, 11) is 0. The fourth-order valence-corrected chi connectivity index (χ4v) is 1.30. The number of amides is 2. The molecule has 0 aliphatic carbocycles. The van der Waals surface area contributed by atoms with Gasteiger partial charge in [-0.1, -0.05) is 0 Å². The third-order valence-electron chi connectivity index (χ3n) is 1.51. The summed E-state index contributed by atoms with van der Waals surface area (Å²) in [5, 5.41) is 4.63. The van der Waals surface area contributed by atoms with Gasteiger partial charge in [-0.05, 0) is 24.4 Å². The largest absolute Gasteiger partial charge is 0.339 e. The average Bonchev–Trinajstić information content (AvgIpc) is 2.15. The number of carbonyl (C=O) groups is 2. The minimum atomic E-state index is -0.344. The molecule has 1 fully saturated rings. The molecular formula is C8H8N4O3S2. The number of rotatable bonds is 0. The Labute approximate surface area is 106 Å². The summed E-state index contributed by atoms with van der Waals surface area (Å²) in [6.45, 7) is 0. The number of hydrogen-bond donors (Lipinski definition) is 4. The van der Waals surface area contributed by atoms with E-state index in [-0.39, 0.29) is 28.9 Å². The molecule has 0 atom stereocenters. The van der Waals surface area contributed by atoms with Crippen molar-refractivity contribution in [1.82, 2.24) is 20.6 Å². The Morgan fingerprint density at radius 3 is 2.00 bits per heavy atom. The molecule has 0 aromatic carbocycles. The molecule has 1 aromatic rings. The Bertz CT molecular complexity index is 492. The molecule has 0 bridgehead atoms. The Hall–Kier alpha value is -1.87. The highest BCUT2D eigenvalue weighted by molar-refractivity contribution is 7.80. The molecule has 90 valence electrons. The maximum atomic E-state index is 10.4. The first-order valence-electron chi connectivity index (χ1n) is 4.39. The van der Waals surface area contributed by atoms with E-state index in [2.05, 4.69) is 45.0 Å². The number of nitrogens with one attached hydrogen (secondary N) is 4. The van der Waals surface area contributed by atoms with Crippen molar-refractivity contribution >= 4 is 41.4 Å². The lowest BCUT2D eigenvalue weighted by atomic mass is 10.3. The number of H-pyrrole nitrogens is 2. The lowest BCUT2D eigenvalue weighted by Gasteiger charge is -2.12. The van der Waals surface area contributed by atoms with Crippen LogP contribution in [0.1, 0.15) is 6.42 Å². The topological polar surface area (TPSA) is 107 Å². The second-order valence-corrected chi connectivity index (χ2v) is 3.71. The Kier molecular flexibility index (Phi) is 4.67. The first-order chi connectivity index (χ1) is 7.97. The molecule has 2 rings (SSSR count). The summed E-state index contributed by atoms with van der Waals surface area (Å²) in [5.74, 6) is -0.687. The van der Waals surface area contributed by atoms with Crippen LogP contribution in [0.4, 0.5) is 0 Å². The molecule has 0 radical (unpaired) electrons. The number of carbonyl (C=O) groups excluding carboxylic acids is 2. The van der Waals surface area contributed by atoms with E-state index in [0.717, 1.165) is 0 Å². The van der Waals surface area contributed by atoms with Gasteiger partial charge in [0.15, 0.2) is 9.88 Å². The molecule has 4 N–H and O–H groups in total. The van der Waals surface area contributed by atoms with Crippen molar-refractivity contribution in [1.29, 1.82) is 0 Å². The van der Waals surface area contributed by atoms with E-state index in [1.54, 1.807) is 0 Å². The predicted octanol–water partition coefficient (Wildman–Crippen LogP) is -0.660. The van der Waals surface area contributed by atoms with E-state index in [1.807, 2.05) is 0 Å². The smallest absolute Gasteiger partial charge is 0.251 e. The zero-order valence-corrected chi connectivity index (χ0v) is 10.0. The third kappa shape index (κ3) is 5.13. The molecule has 0 spiro atoms. The zero-order chi connectivity index (χ0) is 12.8. The molecule has 9 heteroatoms. The quantitative estimate of drug-likeness (QED) is 0.370. The first-order valence-corrected chi connectivity index (χ1v) is 5.20. The van der Waals surface area contributed by atoms with Crippen molar-refractivity contribution in [3.8, 4) is 0 Å². The summed E-state index contributed by atoms with van der Waals surface area (Å²) in [4.78, 5) is 36.2. The fraction of sp³-hybridized carbons (Fsp3) is 0.125. The van der Waals surface area contributed by atoms with Crippen molar-refractivity contribution < 1.29 is 9.59 Å². The minimum Gasteiger partial charge on any atom is -0.339 e. The van der Waals surface area contributed by atoms with Crippen molar-refractivity contribution in [3.63, 3.8) is 0 Å². The average molecular weight is 272 g/mol. The number of aromatic amines is 2. The van der Waals surface area contributed by atoms with E-state index in [4.69, 9.17) is 0 Å². The lowest BCUT2D eigenvalue weighted by Crippen LogP contribution is -2.49. The van der Waals surface area contributed by atoms with Crippen LogP contribution >= 0.6 is 24.4 Å². The zero-order valence-electron chi connectivity index (χ0n) is 8.40. The second-order valence-electron chi connectivity index (χ2n) is 2.90. The van der Waals surface area contributed by atoms with E-state index in [9.17, 15) is 14.4 Å². The van der Waals surface area contributed by atoms with Crippen molar-refractivity contribution in [2.45, 2.75) is 6.42 Å². The molecule has 1 aliphatic heterocycles. The minimum absolute atomic E-state index is 0.0938. The highest BCUT2D eigenvalue weighted by Gasteiger charge is 2.17. The molecule has 0 saturated carbocycles. The van der Waals surface area contributed by atoms with Crippen molar-refractivity contribution in [3.05, 3.63) is 27.4 Å². The first kappa shape index (κ1) is 13.2. The summed E-state index contributed by atoms with van der Waals surface area (Å²) < 4.78 is 0.359. The van der Waals surface area contributed by atoms with E-state index in [1.165, 1.54) is 12.3 Å². The maximum absolute atomic E-state index is 10.4. The predicted molar refractivity (Wildman–Crippen MR) is 65.7 cm³/mol. The highest BCUT2D eigenvalue weighted by atomic mass is 32.1. The third-order valence-corrected chi connectivity index (χ3v) is 1.94. The normalized spacial score (nSPS) is 14.2. The molecule has 1 saturated heterocycles. The standard InChI is InChI=1S/C4H4N2O2S.C4H4N2OS/c7-2-1-3(8)6-4(9)5-2;7-3-1-2-5-4(8)6-3/h1H2,(H2,5,6,7,8,9);1-2H,(H2,5,6,7,8). The van der Waals surface area contributed by atoms with E-state index in [0.29, 0.717) is 4.77 Å². The van der Waals surface area contributed by atoms with Gasteiger partial charge in [0.1, 0.15) is 6.42 Å². The van der Waals surface area contributed by atoms with Gasteiger partial charge in [0, 0.05) is 12.3 Å². The van der Waals surface area contributed by atoms with Gasteiger partial charge in [-0.2, -0.15) is 0 Å². The van der Waals surface area contributed by atoms with Crippen molar-refractivity contribution in [2.24, 2.45) is 0 Å². The Morgan fingerprint density at radius 2 is 1.65 bits per heavy atom. The van der Waals surface area contributed by atoms with Crippen LogP contribution in [0, 0.1) is 4.77 Å². The molecule has 1 aromatic heterocycles. The summed E-state index contributed by atoms with van der Waals surface area (Å²) in [5.41, 5.74) is -0.172. The van der Waals surface area contributed by atoms with E-state index >= 15 is 0 Å². The van der Waals surface area contributed by atoms with Crippen LogP contribution in [0.2, 0.25) is 0 Å².